The molecule has 0 spiro atoms. The van der Waals surface area contributed by atoms with Crippen molar-refractivity contribution >= 4 is 5.91 Å². The van der Waals surface area contributed by atoms with Crippen LogP contribution in [0.25, 0.3) is 0 Å². The average Bonchev–Trinajstić information content (AvgIpc) is 2.73. The minimum absolute atomic E-state index is 0.0772. The molecule has 2 aromatic rings. The first kappa shape index (κ1) is 22.2. The van der Waals surface area contributed by atoms with Gasteiger partial charge < -0.3 is 14.8 Å². The molecule has 6 heteroatoms. The Morgan fingerprint density at radius 2 is 1.83 bits per heavy atom. The minimum atomic E-state index is -0.184. The predicted molar refractivity (Wildman–Crippen MR) is 118 cm³/mol. The van der Waals surface area contributed by atoms with Gasteiger partial charge in [0.05, 0.1) is 17.8 Å². The maximum Gasteiger partial charge on any atom is 0.253 e. The topological polar surface area (TPSA) is 63.7 Å². The predicted octanol–water partition coefficient (Wildman–Crippen LogP) is 3.67. The first-order valence-corrected chi connectivity index (χ1v) is 10.7. The van der Waals surface area contributed by atoms with Gasteiger partial charge in [-0.3, -0.25) is 9.69 Å². The molecule has 3 rings (SSSR count). The number of hydrogen-bond acceptors (Lipinski definition) is 5. The molecule has 1 aliphatic rings. The summed E-state index contributed by atoms with van der Waals surface area (Å²) in [5, 5.41) is 3.14. The molecule has 0 unspecified atom stereocenters. The van der Waals surface area contributed by atoms with E-state index in [-0.39, 0.29) is 17.6 Å². The Labute approximate surface area is 179 Å². The fraction of sp³-hybridized carbons (Fsp3) is 0.500. The summed E-state index contributed by atoms with van der Waals surface area (Å²) < 4.78 is 11.2. The summed E-state index contributed by atoms with van der Waals surface area (Å²) >= 11 is 0. The normalized spacial score (nSPS) is 15.7. The maximum absolute atomic E-state index is 12.5. The van der Waals surface area contributed by atoms with E-state index in [1.807, 2.05) is 26.8 Å². The van der Waals surface area contributed by atoms with Crippen molar-refractivity contribution in [3.05, 3.63) is 59.8 Å². The van der Waals surface area contributed by atoms with Gasteiger partial charge in [0.1, 0.15) is 6.61 Å². The van der Waals surface area contributed by atoms with Crippen molar-refractivity contribution in [1.29, 1.82) is 0 Å². The molecule has 2 heterocycles. The molecular weight excluding hydrogens is 378 g/mol. The van der Waals surface area contributed by atoms with Gasteiger partial charge in [0.15, 0.2) is 0 Å². The van der Waals surface area contributed by atoms with Crippen molar-refractivity contribution in [2.45, 2.75) is 51.8 Å². The SMILES string of the molecule is CC(C)(C)OCCOc1ccc(C(=O)NC2CCN(Cc3ccccc3)CC2)cn1. The number of rotatable bonds is 8. The standard InChI is InChI=1S/C24H33N3O3/c1-24(2,3)30-16-15-29-22-10-9-20(17-25-22)23(28)26-21-11-13-27(14-12-21)18-19-7-5-4-6-8-19/h4-10,17,21H,11-16,18H2,1-3H3,(H,26,28). The summed E-state index contributed by atoms with van der Waals surface area (Å²) in [6, 6.07) is 14.2. The van der Waals surface area contributed by atoms with Crippen LogP contribution in [-0.2, 0) is 11.3 Å². The summed E-state index contributed by atoms with van der Waals surface area (Å²) in [4.78, 5) is 19.2. The van der Waals surface area contributed by atoms with Gasteiger partial charge >= 0.3 is 0 Å². The van der Waals surface area contributed by atoms with Crippen LogP contribution in [0.15, 0.2) is 48.7 Å². The van der Waals surface area contributed by atoms with E-state index in [0.29, 0.717) is 24.7 Å². The maximum atomic E-state index is 12.5. The molecule has 1 aliphatic heterocycles. The molecule has 6 nitrogen and oxygen atoms in total. The van der Waals surface area contributed by atoms with Crippen LogP contribution in [-0.4, -0.2) is 53.7 Å². The van der Waals surface area contributed by atoms with Crippen molar-refractivity contribution in [1.82, 2.24) is 15.2 Å². The first-order chi connectivity index (χ1) is 14.4. The molecule has 0 aliphatic carbocycles. The van der Waals surface area contributed by atoms with E-state index in [4.69, 9.17) is 9.47 Å². The van der Waals surface area contributed by atoms with Crippen LogP contribution in [0.4, 0.5) is 0 Å². The number of ether oxygens (including phenoxy) is 2. The number of pyridine rings is 1. The Balaban J connectivity index is 1.38. The van der Waals surface area contributed by atoms with Crippen LogP contribution >= 0.6 is 0 Å². The molecule has 1 amide bonds. The van der Waals surface area contributed by atoms with Gasteiger partial charge in [-0.25, -0.2) is 4.98 Å². The highest BCUT2D eigenvalue weighted by atomic mass is 16.5. The highest BCUT2D eigenvalue weighted by molar-refractivity contribution is 5.94. The molecular formula is C24H33N3O3. The zero-order chi connectivity index (χ0) is 21.4. The number of aromatic nitrogens is 1. The Morgan fingerprint density at radius 1 is 1.10 bits per heavy atom. The monoisotopic (exact) mass is 411 g/mol. The summed E-state index contributed by atoms with van der Waals surface area (Å²) in [5.74, 6) is 0.421. The summed E-state index contributed by atoms with van der Waals surface area (Å²) in [6.45, 7) is 9.88. The van der Waals surface area contributed by atoms with Crippen LogP contribution in [0.1, 0.15) is 49.5 Å². The van der Waals surface area contributed by atoms with E-state index in [1.54, 1.807) is 18.3 Å². The second kappa shape index (κ2) is 10.5. The second-order valence-corrected chi connectivity index (χ2v) is 8.70. The number of piperidine rings is 1. The van der Waals surface area contributed by atoms with Gasteiger partial charge in [-0.05, 0) is 45.2 Å². The molecule has 1 saturated heterocycles. The Kier molecular flexibility index (Phi) is 7.82. The highest BCUT2D eigenvalue weighted by Crippen LogP contribution is 2.15. The molecule has 0 saturated carbocycles. The van der Waals surface area contributed by atoms with Gasteiger partial charge in [-0.1, -0.05) is 30.3 Å². The van der Waals surface area contributed by atoms with Crippen LogP contribution in [0.5, 0.6) is 5.88 Å². The van der Waals surface area contributed by atoms with E-state index >= 15 is 0 Å². The van der Waals surface area contributed by atoms with E-state index < -0.39 is 0 Å². The number of benzene rings is 1. The lowest BCUT2D eigenvalue weighted by Crippen LogP contribution is -2.44. The molecule has 0 atom stereocenters. The fourth-order valence-electron chi connectivity index (χ4n) is 3.44. The van der Waals surface area contributed by atoms with Crippen LogP contribution in [0.2, 0.25) is 0 Å². The summed E-state index contributed by atoms with van der Waals surface area (Å²) in [6.07, 6.45) is 3.49. The number of carbonyl (C=O) groups is 1. The van der Waals surface area contributed by atoms with Gasteiger partial charge in [-0.15, -0.1) is 0 Å². The van der Waals surface area contributed by atoms with E-state index in [2.05, 4.69) is 39.5 Å². The number of carbonyl (C=O) groups excluding carboxylic acids is 1. The van der Waals surface area contributed by atoms with E-state index in [9.17, 15) is 4.79 Å². The Hall–Kier alpha value is -2.44. The molecule has 30 heavy (non-hydrogen) atoms. The van der Waals surface area contributed by atoms with Gasteiger partial charge in [0.2, 0.25) is 5.88 Å². The molecule has 1 fully saturated rings. The number of hydrogen-bond donors (Lipinski definition) is 1. The zero-order valence-corrected chi connectivity index (χ0v) is 18.3. The summed E-state index contributed by atoms with van der Waals surface area (Å²) in [5.41, 5.74) is 1.70. The molecule has 162 valence electrons. The average molecular weight is 412 g/mol. The lowest BCUT2D eigenvalue weighted by Gasteiger charge is -2.32. The molecule has 1 N–H and O–H groups in total. The number of nitrogens with zero attached hydrogens (tertiary/aromatic N) is 2. The Bertz CT molecular complexity index is 780. The smallest absolute Gasteiger partial charge is 0.253 e. The molecule has 0 bridgehead atoms. The first-order valence-electron chi connectivity index (χ1n) is 10.7. The van der Waals surface area contributed by atoms with Crippen molar-refractivity contribution < 1.29 is 14.3 Å². The summed E-state index contributed by atoms with van der Waals surface area (Å²) in [7, 11) is 0. The van der Waals surface area contributed by atoms with Crippen LogP contribution in [0, 0.1) is 0 Å². The molecule has 1 aromatic heterocycles. The van der Waals surface area contributed by atoms with Crippen molar-refractivity contribution in [3.8, 4) is 5.88 Å². The fourth-order valence-corrected chi connectivity index (χ4v) is 3.44. The van der Waals surface area contributed by atoms with Gasteiger partial charge in [0, 0.05) is 37.9 Å². The third kappa shape index (κ3) is 7.43. The van der Waals surface area contributed by atoms with Crippen LogP contribution in [0.3, 0.4) is 0 Å². The van der Waals surface area contributed by atoms with Crippen molar-refractivity contribution in [2.75, 3.05) is 26.3 Å². The van der Waals surface area contributed by atoms with Gasteiger partial charge in [0.25, 0.3) is 5.91 Å². The molecule has 0 radical (unpaired) electrons. The lowest BCUT2D eigenvalue weighted by atomic mass is 10.0. The lowest BCUT2D eigenvalue weighted by molar-refractivity contribution is -0.0168. The van der Waals surface area contributed by atoms with Crippen molar-refractivity contribution in [2.24, 2.45) is 0 Å². The minimum Gasteiger partial charge on any atom is -0.475 e. The number of nitrogens with one attached hydrogen (secondary N) is 1. The van der Waals surface area contributed by atoms with Crippen LogP contribution < -0.4 is 10.1 Å². The Morgan fingerprint density at radius 3 is 2.47 bits per heavy atom. The highest BCUT2D eigenvalue weighted by Gasteiger charge is 2.21. The number of likely N-dealkylation sites (tertiary alicyclic amines) is 1. The number of amides is 1. The quantitative estimate of drug-likeness (QED) is 0.672. The van der Waals surface area contributed by atoms with E-state index in [0.717, 1.165) is 32.5 Å². The third-order valence-electron chi connectivity index (χ3n) is 5.04. The van der Waals surface area contributed by atoms with Crippen molar-refractivity contribution in [3.63, 3.8) is 0 Å². The largest absolute Gasteiger partial charge is 0.475 e. The third-order valence-corrected chi connectivity index (χ3v) is 5.04. The van der Waals surface area contributed by atoms with E-state index in [1.165, 1.54) is 5.56 Å². The zero-order valence-electron chi connectivity index (χ0n) is 18.3. The second-order valence-electron chi connectivity index (χ2n) is 8.70. The van der Waals surface area contributed by atoms with Gasteiger partial charge in [-0.2, -0.15) is 0 Å². The molecule has 1 aromatic carbocycles.